The highest BCUT2D eigenvalue weighted by atomic mass is 35.5. The van der Waals surface area contributed by atoms with Crippen LogP contribution in [0.4, 0.5) is 0 Å². The van der Waals surface area contributed by atoms with E-state index in [2.05, 4.69) is 15.4 Å². The zero-order valence-electron chi connectivity index (χ0n) is 17.2. The Morgan fingerprint density at radius 3 is 2.38 bits per heavy atom. The molecule has 0 aliphatic heterocycles. The first-order valence-electron chi connectivity index (χ1n) is 9.88. The van der Waals surface area contributed by atoms with Crippen molar-refractivity contribution >= 4 is 28.6 Å². The maximum atomic E-state index is 13.2. The van der Waals surface area contributed by atoms with E-state index >= 15 is 0 Å². The van der Waals surface area contributed by atoms with Crippen LogP contribution in [0.25, 0.3) is 28.0 Å². The lowest BCUT2D eigenvalue weighted by atomic mass is 10.1. The molecule has 5 aromatic rings. The zero-order valence-corrected chi connectivity index (χ0v) is 18.0. The molecule has 0 N–H and O–H groups in total. The van der Waals surface area contributed by atoms with Gasteiger partial charge < -0.3 is 9.26 Å². The van der Waals surface area contributed by atoms with Gasteiger partial charge in [0.05, 0.1) is 5.02 Å². The van der Waals surface area contributed by atoms with E-state index < -0.39 is 5.97 Å². The molecule has 0 aliphatic rings. The lowest BCUT2D eigenvalue weighted by molar-refractivity contribution is 0.0733. The summed E-state index contributed by atoms with van der Waals surface area (Å²) in [5, 5.41) is 13.5. The first-order valence-corrected chi connectivity index (χ1v) is 10.3. The van der Waals surface area contributed by atoms with Crippen LogP contribution in [0.15, 0.2) is 71.3 Å². The SMILES string of the molecule is Cc1ccc(OC(=O)c2c(-c3ccccc3Cl)noc2C)c(-n2nc3ccccc3n2)c1. The first kappa shape index (κ1) is 20.0. The molecule has 0 amide bonds. The fourth-order valence-corrected chi connectivity index (χ4v) is 3.66. The Morgan fingerprint density at radius 2 is 1.66 bits per heavy atom. The van der Waals surface area contributed by atoms with E-state index in [1.807, 2.05) is 49.4 Å². The zero-order chi connectivity index (χ0) is 22.2. The van der Waals surface area contributed by atoms with Crippen molar-refractivity contribution in [2.75, 3.05) is 0 Å². The summed E-state index contributed by atoms with van der Waals surface area (Å²) in [6.45, 7) is 3.60. The highest BCUT2D eigenvalue weighted by molar-refractivity contribution is 6.33. The molecule has 8 heteroatoms. The van der Waals surface area contributed by atoms with Gasteiger partial charge >= 0.3 is 5.97 Å². The van der Waals surface area contributed by atoms with Crippen LogP contribution in [0.5, 0.6) is 5.75 Å². The summed E-state index contributed by atoms with van der Waals surface area (Å²) in [7, 11) is 0. The minimum absolute atomic E-state index is 0.211. The number of ether oxygens (including phenoxy) is 1. The molecule has 5 rings (SSSR count). The van der Waals surface area contributed by atoms with Gasteiger partial charge in [-0.1, -0.05) is 53.2 Å². The number of hydrogen-bond acceptors (Lipinski definition) is 6. The van der Waals surface area contributed by atoms with Crippen molar-refractivity contribution < 1.29 is 14.1 Å². The Hall–Kier alpha value is -3.97. The van der Waals surface area contributed by atoms with Crippen LogP contribution in [0.1, 0.15) is 21.7 Å². The molecule has 0 saturated carbocycles. The second-order valence-corrected chi connectivity index (χ2v) is 7.69. The third-order valence-electron chi connectivity index (χ3n) is 5.02. The topological polar surface area (TPSA) is 83.0 Å². The fourth-order valence-electron chi connectivity index (χ4n) is 3.44. The van der Waals surface area contributed by atoms with E-state index in [0.717, 1.165) is 16.6 Å². The van der Waals surface area contributed by atoms with E-state index in [0.29, 0.717) is 33.5 Å². The molecule has 158 valence electrons. The molecule has 0 fully saturated rings. The maximum absolute atomic E-state index is 13.2. The van der Waals surface area contributed by atoms with Gasteiger partial charge in [0.2, 0.25) is 0 Å². The standard InChI is InChI=1S/C24H17ClN4O3/c1-14-11-12-21(20(13-14)29-26-18-9-5-6-10-19(18)27-29)31-24(30)22-15(2)32-28-23(22)16-7-3-4-8-17(16)25/h3-13H,1-2H3. The quantitative estimate of drug-likeness (QED) is 0.266. The van der Waals surface area contributed by atoms with Gasteiger partial charge in [-0.15, -0.1) is 15.0 Å². The number of halogens is 1. The van der Waals surface area contributed by atoms with Crippen molar-refractivity contribution in [3.05, 3.63) is 88.6 Å². The molecular formula is C24H17ClN4O3. The predicted octanol–water partition coefficient (Wildman–Crippen LogP) is 5.56. The molecule has 0 atom stereocenters. The highest BCUT2D eigenvalue weighted by Crippen LogP contribution is 2.32. The summed E-state index contributed by atoms with van der Waals surface area (Å²) in [5.41, 5.74) is 4.12. The predicted molar refractivity (Wildman–Crippen MR) is 120 cm³/mol. The molecule has 0 radical (unpaired) electrons. The highest BCUT2D eigenvalue weighted by Gasteiger charge is 2.26. The monoisotopic (exact) mass is 444 g/mol. The third kappa shape index (κ3) is 3.52. The molecule has 0 spiro atoms. The molecule has 0 saturated heterocycles. The van der Waals surface area contributed by atoms with Gasteiger partial charge in [0.25, 0.3) is 0 Å². The van der Waals surface area contributed by atoms with Crippen LogP contribution >= 0.6 is 11.6 Å². The van der Waals surface area contributed by atoms with E-state index in [1.54, 1.807) is 31.2 Å². The lowest BCUT2D eigenvalue weighted by Gasteiger charge is -2.10. The van der Waals surface area contributed by atoms with E-state index in [1.165, 1.54) is 4.80 Å². The summed E-state index contributed by atoms with van der Waals surface area (Å²) >= 11 is 6.31. The Bertz CT molecular complexity index is 1440. The number of aromatic nitrogens is 4. The van der Waals surface area contributed by atoms with Gasteiger partial charge in [-0.25, -0.2) is 4.79 Å². The Morgan fingerprint density at radius 1 is 0.969 bits per heavy atom. The normalized spacial score (nSPS) is 11.1. The molecule has 7 nitrogen and oxygen atoms in total. The van der Waals surface area contributed by atoms with E-state index in [-0.39, 0.29) is 5.56 Å². The lowest BCUT2D eigenvalue weighted by Crippen LogP contribution is -2.13. The largest absolute Gasteiger partial charge is 0.420 e. The number of rotatable bonds is 4. The van der Waals surface area contributed by atoms with Crippen LogP contribution < -0.4 is 4.74 Å². The second kappa shape index (κ2) is 7.94. The van der Waals surface area contributed by atoms with Gasteiger partial charge in [0, 0.05) is 5.56 Å². The summed E-state index contributed by atoms with van der Waals surface area (Å²) in [5.74, 6) is 0.0358. The molecule has 0 aliphatic carbocycles. The van der Waals surface area contributed by atoms with E-state index in [9.17, 15) is 4.79 Å². The van der Waals surface area contributed by atoms with Crippen LogP contribution in [0.2, 0.25) is 5.02 Å². The molecule has 2 heterocycles. The van der Waals surface area contributed by atoms with Crippen molar-refractivity contribution in [3.63, 3.8) is 0 Å². The van der Waals surface area contributed by atoms with Crippen molar-refractivity contribution in [1.82, 2.24) is 20.2 Å². The Kier molecular flexibility index (Phi) is 4.95. The molecule has 0 unspecified atom stereocenters. The summed E-state index contributed by atoms with van der Waals surface area (Å²) in [6.07, 6.45) is 0. The third-order valence-corrected chi connectivity index (χ3v) is 5.34. The van der Waals surface area contributed by atoms with Crippen molar-refractivity contribution in [3.8, 4) is 22.7 Å². The van der Waals surface area contributed by atoms with Gasteiger partial charge in [-0.05, 0) is 49.7 Å². The molecule has 0 bridgehead atoms. The number of nitrogens with zero attached hydrogens (tertiary/aromatic N) is 4. The van der Waals surface area contributed by atoms with E-state index in [4.69, 9.17) is 20.9 Å². The number of carbonyl (C=O) groups is 1. The molecule has 3 aromatic carbocycles. The number of esters is 1. The van der Waals surface area contributed by atoms with Gasteiger partial charge in [-0.2, -0.15) is 0 Å². The number of aryl methyl sites for hydroxylation is 2. The summed E-state index contributed by atoms with van der Waals surface area (Å²) in [6, 6.07) is 20.1. The molecule has 32 heavy (non-hydrogen) atoms. The summed E-state index contributed by atoms with van der Waals surface area (Å²) in [4.78, 5) is 14.7. The Balaban J connectivity index is 1.56. The number of fused-ring (bicyclic) bond motifs is 1. The van der Waals surface area contributed by atoms with Crippen molar-refractivity contribution in [1.29, 1.82) is 0 Å². The smallest absolute Gasteiger partial charge is 0.349 e. The number of carbonyl (C=O) groups excluding carboxylic acids is 1. The van der Waals surface area contributed by atoms with Crippen LogP contribution in [-0.2, 0) is 0 Å². The van der Waals surface area contributed by atoms with Crippen LogP contribution in [0.3, 0.4) is 0 Å². The van der Waals surface area contributed by atoms with Crippen molar-refractivity contribution in [2.45, 2.75) is 13.8 Å². The maximum Gasteiger partial charge on any atom is 0.349 e. The summed E-state index contributed by atoms with van der Waals surface area (Å²) < 4.78 is 11.1. The number of hydrogen-bond donors (Lipinski definition) is 0. The first-order chi connectivity index (χ1) is 15.5. The van der Waals surface area contributed by atoms with Gasteiger partial charge in [0.15, 0.2) is 5.75 Å². The second-order valence-electron chi connectivity index (χ2n) is 7.28. The minimum atomic E-state index is -0.611. The molecular weight excluding hydrogens is 428 g/mol. The van der Waals surface area contributed by atoms with Gasteiger partial charge in [0.1, 0.15) is 33.7 Å². The van der Waals surface area contributed by atoms with Crippen molar-refractivity contribution in [2.24, 2.45) is 0 Å². The number of benzene rings is 3. The van der Waals surface area contributed by atoms with Crippen LogP contribution in [0, 0.1) is 13.8 Å². The average molecular weight is 445 g/mol. The van der Waals surface area contributed by atoms with Gasteiger partial charge in [-0.3, -0.25) is 0 Å². The Labute approximate surface area is 188 Å². The average Bonchev–Trinajstić information content (AvgIpc) is 3.39. The van der Waals surface area contributed by atoms with Crippen LogP contribution in [-0.4, -0.2) is 26.1 Å². The minimum Gasteiger partial charge on any atom is -0.420 e. The fraction of sp³-hybridized carbons (Fsp3) is 0.0833. The molecule has 2 aromatic heterocycles.